The molecule has 0 atom stereocenters. The molecule has 0 aliphatic rings. The molecule has 3 heteroatoms. The molecule has 0 aliphatic heterocycles. The minimum atomic E-state index is 0.139. The van der Waals surface area contributed by atoms with Crippen molar-refractivity contribution in [1.82, 2.24) is 10.0 Å². The molecule has 0 bridgehead atoms. The van der Waals surface area contributed by atoms with E-state index >= 15 is 0 Å². The quantitative estimate of drug-likeness (QED) is 0.503. The molecule has 0 heterocycles. The smallest absolute Gasteiger partial charge is 0.236 e. The first kappa shape index (κ1) is 8.43. The van der Waals surface area contributed by atoms with Gasteiger partial charge in [0, 0.05) is 27.6 Å². The molecule has 0 aromatic carbocycles. The van der Waals surface area contributed by atoms with Gasteiger partial charge in [-0.3, -0.25) is 9.80 Å². The molecule has 0 unspecified atom stereocenters. The lowest BCUT2D eigenvalue weighted by molar-refractivity contribution is -0.141. The molecular weight excluding hydrogens is 116 g/mol. The number of rotatable bonds is 2. The van der Waals surface area contributed by atoms with Crippen molar-refractivity contribution in [2.45, 2.75) is 13.3 Å². The van der Waals surface area contributed by atoms with Crippen molar-refractivity contribution in [1.29, 1.82) is 0 Å². The average molecular weight is 130 g/mol. The van der Waals surface area contributed by atoms with E-state index in [0.717, 1.165) is 0 Å². The molecule has 0 rings (SSSR count). The maximum absolute atomic E-state index is 10.8. The number of hydrazine groups is 1. The fourth-order valence-corrected chi connectivity index (χ4v) is 0.452. The van der Waals surface area contributed by atoms with Crippen LogP contribution in [0.3, 0.4) is 0 Å². The molecule has 1 amide bonds. The number of hydrogen-bond acceptors (Lipinski definition) is 2. The van der Waals surface area contributed by atoms with Gasteiger partial charge in [0.2, 0.25) is 5.91 Å². The number of carbonyl (C=O) groups excluding carboxylic acids is 1. The minimum absolute atomic E-state index is 0.139. The summed E-state index contributed by atoms with van der Waals surface area (Å²) in [5.41, 5.74) is 0. The predicted octanol–water partition coefficient (Wildman–Crippen LogP) is 0.331. The van der Waals surface area contributed by atoms with Crippen molar-refractivity contribution >= 4 is 5.91 Å². The Morgan fingerprint density at radius 3 is 1.89 bits per heavy atom. The van der Waals surface area contributed by atoms with Crippen LogP contribution in [-0.2, 0) is 4.79 Å². The largest absolute Gasteiger partial charge is 0.279 e. The molecule has 0 radical (unpaired) electrons. The number of nitrogens with zero attached hydrogens (tertiary/aromatic N) is 2. The van der Waals surface area contributed by atoms with E-state index < -0.39 is 0 Å². The van der Waals surface area contributed by atoms with Gasteiger partial charge >= 0.3 is 0 Å². The van der Waals surface area contributed by atoms with Gasteiger partial charge in [0.25, 0.3) is 0 Å². The summed E-state index contributed by atoms with van der Waals surface area (Å²) in [5.74, 6) is 0.139. The van der Waals surface area contributed by atoms with Crippen LogP contribution in [0, 0.1) is 0 Å². The normalized spacial score (nSPS) is 9.89. The summed E-state index contributed by atoms with van der Waals surface area (Å²) in [6.45, 7) is 1.85. The van der Waals surface area contributed by atoms with Gasteiger partial charge < -0.3 is 0 Å². The summed E-state index contributed by atoms with van der Waals surface area (Å²) in [5, 5.41) is 3.34. The third kappa shape index (κ3) is 2.46. The van der Waals surface area contributed by atoms with E-state index in [1.54, 1.807) is 17.1 Å². The second kappa shape index (κ2) is 3.45. The van der Waals surface area contributed by atoms with E-state index in [4.69, 9.17) is 0 Å². The Morgan fingerprint density at radius 2 is 1.78 bits per heavy atom. The van der Waals surface area contributed by atoms with Crippen molar-refractivity contribution in [3.8, 4) is 0 Å². The molecule has 9 heavy (non-hydrogen) atoms. The zero-order valence-electron chi connectivity index (χ0n) is 6.51. The molecule has 0 saturated carbocycles. The lowest BCUT2D eigenvalue weighted by Gasteiger charge is -2.23. The molecule has 0 fully saturated rings. The molecule has 54 valence electrons. The highest BCUT2D eigenvalue weighted by molar-refractivity contribution is 5.74. The molecule has 0 aliphatic carbocycles. The van der Waals surface area contributed by atoms with Crippen LogP contribution < -0.4 is 0 Å². The van der Waals surface area contributed by atoms with Gasteiger partial charge in [-0.05, 0) is 0 Å². The first-order valence-electron chi connectivity index (χ1n) is 3.03. The van der Waals surface area contributed by atoms with Crippen LogP contribution >= 0.6 is 0 Å². The summed E-state index contributed by atoms with van der Waals surface area (Å²) in [6.07, 6.45) is 0.564. The van der Waals surface area contributed by atoms with Gasteiger partial charge in [0.1, 0.15) is 0 Å². The first-order valence-corrected chi connectivity index (χ1v) is 3.03. The van der Waals surface area contributed by atoms with E-state index in [0.29, 0.717) is 6.42 Å². The second-order valence-electron chi connectivity index (χ2n) is 2.12. The third-order valence-corrected chi connectivity index (χ3v) is 1.26. The van der Waals surface area contributed by atoms with Gasteiger partial charge in [0.05, 0.1) is 0 Å². The highest BCUT2D eigenvalue weighted by atomic mass is 16.2. The molecule has 3 nitrogen and oxygen atoms in total. The van der Waals surface area contributed by atoms with Gasteiger partial charge in [-0.15, -0.1) is 0 Å². The number of amides is 1. The van der Waals surface area contributed by atoms with Crippen LogP contribution in [0.15, 0.2) is 0 Å². The Hall–Kier alpha value is -0.570. The molecule has 0 saturated heterocycles. The second-order valence-corrected chi connectivity index (χ2v) is 2.12. The van der Waals surface area contributed by atoms with Crippen LogP contribution in [0.25, 0.3) is 0 Å². The minimum Gasteiger partial charge on any atom is -0.279 e. The van der Waals surface area contributed by atoms with Crippen molar-refractivity contribution in [2.75, 3.05) is 21.1 Å². The Kier molecular flexibility index (Phi) is 3.24. The molecular formula is C6H14N2O. The highest BCUT2D eigenvalue weighted by Crippen LogP contribution is 1.89. The fraction of sp³-hybridized carbons (Fsp3) is 0.833. The highest BCUT2D eigenvalue weighted by Gasteiger charge is 2.05. The van der Waals surface area contributed by atoms with E-state index in [2.05, 4.69) is 0 Å². The summed E-state index contributed by atoms with van der Waals surface area (Å²) in [6, 6.07) is 0. The van der Waals surface area contributed by atoms with Gasteiger partial charge in [-0.2, -0.15) is 0 Å². The lowest BCUT2D eigenvalue weighted by atomic mass is 10.4. The number of carbonyl (C=O) groups is 1. The van der Waals surface area contributed by atoms with Crippen LogP contribution in [0.2, 0.25) is 0 Å². The number of hydrogen-bond donors (Lipinski definition) is 0. The van der Waals surface area contributed by atoms with E-state index in [1.807, 2.05) is 21.0 Å². The maximum Gasteiger partial charge on any atom is 0.236 e. The van der Waals surface area contributed by atoms with Crippen LogP contribution in [0.1, 0.15) is 13.3 Å². The summed E-state index contributed by atoms with van der Waals surface area (Å²) in [4.78, 5) is 10.8. The Labute approximate surface area is 56.2 Å². The van der Waals surface area contributed by atoms with Gasteiger partial charge in [-0.25, -0.2) is 5.01 Å². The van der Waals surface area contributed by atoms with Crippen molar-refractivity contribution in [3.05, 3.63) is 0 Å². The average Bonchev–Trinajstić information content (AvgIpc) is 1.84. The Morgan fingerprint density at radius 1 is 1.33 bits per heavy atom. The van der Waals surface area contributed by atoms with Crippen LogP contribution in [0.4, 0.5) is 0 Å². The molecule has 0 aromatic heterocycles. The fourth-order valence-electron chi connectivity index (χ4n) is 0.452. The summed E-state index contributed by atoms with van der Waals surface area (Å²) in [7, 11) is 5.44. The molecule has 0 aromatic rings. The molecule has 0 N–H and O–H groups in total. The van der Waals surface area contributed by atoms with Crippen LogP contribution in [0.5, 0.6) is 0 Å². The first-order chi connectivity index (χ1) is 4.09. The topological polar surface area (TPSA) is 23.6 Å². The standard InChI is InChI=1S/C6H14N2O/c1-5-6(9)8(4)7(2)3/h5H2,1-4H3. The monoisotopic (exact) mass is 130 g/mol. The SMILES string of the molecule is CCC(=O)N(C)N(C)C. The van der Waals surface area contributed by atoms with Crippen molar-refractivity contribution < 1.29 is 4.79 Å². The summed E-state index contributed by atoms with van der Waals surface area (Å²) >= 11 is 0. The van der Waals surface area contributed by atoms with Crippen molar-refractivity contribution in [3.63, 3.8) is 0 Å². The van der Waals surface area contributed by atoms with E-state index in [9.17, 15) is 4.79 Å². The van der Waals surface area contributed by atoms with E-state index in [-0.39, 0.29) is 5.91 Å². The third-order valence-electron chi connectivity index (χ3n) is 1.26. The van der Waals surface area contributed by atoms with E-state index in [1.165, 1.54) is 0 Å². The zero-order valence-corrected chi connectivity index (χ0v) is 6.51. The summed E-state index contributed by atoms with van der Waals surface area (Å²) < 4.78 is 0. The maximum atomic E-state index is 10.8. The predicted molar refractivity (Wildman–Crippen MR) is 36.7 cm³/mol. The zero-order chi connectivity index (χ0) is 7.44. The van der Waals surface area contributed by atoms with Crippen molar-refractivity contribution in [2.24, 2.45) is 0 Å². The van der Waals surface area contributed by atoms with Gasteiger partial charge in [0.15, 0.2) is 0 Å². The van der Waals surface area contributed by atoms with Crippen LogP contribution in [-0.4, -0.2) is 37.1 Å². The Balaban J connectivity index is 3.72. The van der Waals surface area contributed by atoms with Gasteiger partial charge in [-0.1, -0.05) is 6.92 Å². The Bertz CT molecular complexity index is 101. The molecule has 0 spiro atoms. The lowest BCUT2D eigenvalue weighted by Crippen LogP contribution is -2.37.